The molecule has 9 rings (SSSR count). The Hall–Kier alpha value is -10.1. The normalized spacial score (nSPS) is 10.9. The van der Waals surface area contributed by atoms with Gasteiger partial charge >= 0.3 is 53.0 Å². The van der Waals surface area contributed by atoms with Crippen LogP contribution in [-0.2, 0) is 68.5 Å². The monoisotopic (exact) mass is 1270 g/mol. The highest BCUT2D eigenvalue weighted by Gasteiger charge is 2.36. The molecule has 0 bridgehead atoms. The van der Waals surface area contributed by atoms with E-state index in [1.165, 1.54) is 28.4 Å². The number of carbonyl (C=O) groups excluding carboxylic acids is 6. The van der Waals surface area contributed by atoms with Gasteiger partial charge in [-0.3, -0.25) is 24.9 Å². The van der Waals surface area contributed by atoms with Crippen molar-refractivity contribution in [3.05, 3.63) is 221 Å². The molecular weight excluding hydrogens is 1200 g/mol. The Morgan fingerprint density at radius 3 is 1.02 bits per heavy atom. The van der Waals surface area contributed by atoms with Crippen molar-refractivity contribution in [1.29, 1.82) is 0 Å². The van der Waals surface area contributed by atoms with Gasteiger partial charge in [-0.15, -0.1) is 0 Å². The molecule has 91 heavy (non-hydrogen) atoms. The van der Waals surface area contributed by atoms with Gasteiger partial charge < -0.3 is 55.6 Å². The van der Waals surface area contributed by atoms with Crippen molar-refractivity contribution in [1.82, 2.24) is 0 Å². The van der Waals surface area contributed by atoms with Crippen LogP contribution >= 0.6 is 17.2 Å². The molecule has 0 aliphatic rings. The molecule has 9 aromatic carbocycles. The zero-order valence-corrected chi connectivity index (χ0v) is 52.3. The first-order valence-corrected chi connectivity index (χ1v) is 31.0. The highest BCUT2D eigenvalue weighted by Crippen LogP contribution is 2.56. The summed E-state index contributed by atoms with van der Waals surface area (Å²) in [6.07, 6.45) is 0.656. The molecule has 0 radical (unpaired) electrons. The van der Waals surface area contributed by atoms with Crippen LogP contribution in [0.2, 0.25) is 0 Å². The van der Waals surface area contributed by atoms with Gasteiger partial charge in [-0.25, -0.2) is 9.59 Å². The molecule has 0 atom stereocenters. The second-order valence-electron chi connectivity index (χ2n) is 20.2. The predicted molar refractivity (Wildman–Crippen MR) is 342 cm³/mol. The van der Waals surface area contributed by atoms with Crippen molar-refractivity contribution in [2.24, 2.45) is 5.73 Å². The first-order chi connectivity index (χ1) is 44.3. The number of aryl methyl sites for hydroxylation is 5. The van der Waals surface area contributed by atoms with E-state index < -0.39 is 59.8 Å². The maximum Gasteiger partial charge on any atom is 0.530 e. The van der Waals surface area contributed by atoms with E-state index in [1.54, 1.807) is 183 Å². The number of nitrogens with two attached hydrogens (primary N) is 1. The van der Waals surface area contributed by atoms with Crippen molar-refractivity contribution >= 4 is 74.6 Å². The number of hydrogen-bond donors (Lipinski definition) is 1. The largest absolute Gasteiger partial charge is 0.530 e. The number of carbonyl (C=O) groups is 6. The summed E-state index contributed by atoms with van der Waals surface area (Å²) in [4.78, 5) is 81.1. The van der Waals surface area contributed by atoms with E-state index >= 15 is 4.79 Å². The average molecular weight is 1270 g/mol. The SMILES string of the molecule is COC(=O)CCc1ccccc1OP(Oc1ccccc1CCC(=O)OC)Oc1c(C(=O)OCN)cc2ccccc2c1-c1c(OP(Oc2ccccc2CCC(=O)OC)Oc2ccccc2CCC(=O)OC)c(C(=O)Oc2ccccc2C)cc2ccccc12. The second-order valence-corrected chi connectivity index (χ2v) is 22.2. The Balaban J connectivity index is 1.35. The first-order valence-electron chi connectivity index (χ1n) is 28.8. The van der Waals surface area contributed by atoms with Gasteiger partial charge in [0.05, 0.1) is 28.4 Å². The number of benzene rings is 9. The molecule has 0 amide bonds. The van der Waals surface area contributed by atoms with E-state index in [-0.39, 0.29) is 114 Å². The topological polar surface area (TPSA) is 239 Å². The fourth-order valence-electron chi connectivity index (χ4n) is 9.76. The zero-order chi connectivity index (χ0) is 64.2. The van der Waals surface area contributed by atoms with E-state index in [4.69, 9.17) is 61.3 Å². The Labute approximate surface area is 528 Å². The lowest BCUT2D eigenvalue weighted by molar-refractivity contribution is -0.141. The highest BCUT2D eigenvalue weighted by atomic mass is 31.2. The molecule has 0 heterocycles. The van der Waals surface area contributed by atoms with Crippen LogP contribution in [-0.4, -0.2) is 71.0 Å². The maximum atomic E-state index is 15.6. The minimum atomic E-state index is -2.84. The third kappa shape index (κ3) is 16.8. The summed E-state index contributed by atoms with van der Waals surface area (Å²) in [6.45, 7) is 1.24. The molecule has 9 aromatic rings. The molecule has 0 unspecified atom stereocenters. The van der Waals surface area contributed by atoms with Crippen LogP contribution in [0.1, 0.15) is 74.2 Å². The lowest BCUT2D eigenvalue weighted by Crippen LogP contribution is -2.16. The molecule has 0 aliphatic heterocycles. The number of rotatable bonds is 29. The quantitative estimate of drug-likeness (QED) is 0.0151. The summed E-state index contributed by atoms with van der Waals surface area (Å²) in [5.41, 5.74) is 8.91. The molecule has 2 N–H and O–H groups in total. The molecule has 468 valence electrons. The summed E-state index contributed by atoms with van der Waals surface area (Å²) in [5.74, 6) is -2.84. The maximum absolute atomic E-state index is 15.6. The number of ether oxygens (including phenoxy) is 6. The molecule has 0 saturated heterocycles. The van der Waals surface area contributed by atoms with Crippen LogP contribution in [0.25, 0.3) is 32.7 Å². The van der Waals surface area contributed by atoms with Gasteiger partial charge in [-0.1, -0.05) is 140 Å². The highest BCUT2D eigenvalue weighted by molar-refractivity contribution is 7.43. The van der Waals surface area contributed by atoms with Crippen molar-refractivity contribution in [3.63, 3.8) is 0 Å². The fourth-order valence-corrected chi connectivity index (χ4v) is 12.0. The molecular formula is C70H65NO18P2. The van der Waals surface area contributed by atoms with Crippen LogP contribution in [0, 0.1) is 6.92 Å². The molecule has 0 spiro atoms. The zero-order valence-electron chi connectivity index (χ0n) is 50.5. The summed E-state index contributed by atoms with van der Waals surface area (Å²) < 4.78 is 74.2. The lowest BCUT2D eigenvalue weighted by atomic mass is 9.88. The Bertz CT molecular complexity index is 3970. The predicted octanol–water partition coefficient (Wildman–Crippen LogP) is 14.2. The van der Waals surface area contributed by atoms with Gasteiger partial charge in [0.1, 0.15) is 46.6 Å². The Morgan fingerprint density at radius 1 is 0.374 bits per heavy atom. The van der Waals surface area contributed by atoms with Crippen LogP contribution < -0.4 is 37.6 Å². The second kappa shape index (κ2) is 31.9. The third-order valence-corrected chi connectivity index (χ3v) is 16.5. The molecule has 0 aromatic heterocycles. The Morgan fingerprint density at radius 2 is 0.681 bits per heavy atom. The average Bonchev–Trinajstić information content (AvgIpc) is 0.774. The van der Waals surface area contributed by atoms with E-state index in [0.29, 0.717) is 49.4 Å². The van der Waals surface area contributed by atoms with Gasteiger partial charge in [0.15, 0.2) is 11.5 Å². The minimum Gasteiger partial charge on any atom is -0.469 e. The van der Waals surface area contributed by atoms with Crippen molar-refractivity contribution < 1.29 is 84.3 Å². The van der Waals surface area contributed by atoms with Crippen LogP contribution in [0.5, 0.6) is 40.2 Å². The van der Waals surface area contributed by atoms with Gasteiger partial charge in [-0.05, 0) is 124 Å². The smallest absolute Gasteiger partial charge is 0.469 e. The number of esters is 6. The van der Waals surface area contributed by atoms with Gasteiger partial charge in [0.25, 0.3) is 0 Å². The molecule has 19 nitrogen and oxygen atoms in total. The number of fused-ring (bicyclic) bond motifs is 2. The van der Waals surface area contributed by atoms with E-state index in [1.807, 2.05) is 6.07 Å². The number of para-hydroxylation sites is 5. The van der Waals surface area contributed by atoms with Crippen molar-refractivity contribution in [2.45, 2.75) is 58.3 Å². The van der Waals surface area contributed by atoms with E-state index in [9.17, 15) is 24.0 Å². The fraction of sp³-hybridized carbons (Fsp3) is 0.200. The summed E-state index contributed by atoms with van der Waals surface area (Å²) in [7, 11) is -0.476. The van der Waals surface area contributed by atoms with E-state index in [0.717, 1.165) is 0 Å². The molecule has 0 saturated carbocycles. The lowest BCUT2D eigenvalue weighted by Gasteiger charge is -2.27. The standard InChI is InChI=1S/C70H65NO18P2/c1-45-20-6-15-29-56(45)83-70(77)55-43-51-26-8-14-28-53(51)66(68(55)89-91(86-59-32-18-11-23-48(59)36-40-63(74)80-4)87-60-33-19-12-24-49(60)37-41-64(75)81-5)65-52-27-13-7-25-50(52)42-54(69(76)82-44-71)67(65)88-90(84-57-30-16-9-21-46(57)34-38-61(72)78-2)85-58-31-17-10-22-47(58)35-39-62(73)79-3/h6-33,42-43H,34-41,44,71H2,1-5H3. The van der Waals surface area contributed by atoms with E-state index in [2.05, 4.69) is 0 Å². The van der Waals surface area contributed by atoms with Gasteiger partial charge in [0.2, 0.25) is 0 Å². The number of hydrogen-bond acceptors (Lipinski definition) is 19. The molecule has 0 fully saturated rings. The summed E-state index contributed by atoms with van der Waals surface area (Å²) in [5, 5.41) is 1.87. The molecule has 21 heteroatoms. The first kappa shape index (κ1) is 65.4. The summed E-state index contributed by atoms with van der Waals surface area (Å²) in [6, 6.07) is 52.4. The molecule has 0 aliphatic carbocycles. The van der Waals surface area contributed by atoms with Crippen molar-refractivity contribution in [2.75, 3.05) is 35.2 Å². The van der Waals surface area contributed by atoms with Crippen LogP contribution in [0.15, 0.2) is 182 Å². The minimum absolute atomic E-state index is 0.0104. The number of methoxy groups -OCH3 is 4. The van der Waals surface area contributed by atoms with Crippen LogP contribution in [0.3, 0.4) is 0 Å². The van der Waals surface area contributed by atoms with Gasteiger partial charge in [0, 0.05) is 36.8 Å². The van der Waals surface area contributed by atoms with Gasteiger partial charge in [-0.2, -0.15) is 0 Å². The Kier molecular flexibility index (Phi) is 22.9. The van der Waals surface area contributed by atoms with Crippen LogP contribution in [0.4, 0.5) is 0 Å². The third-order valence-electron chi connectivity index (χ3n) is 14.4. The van der Waals surface area contributed by atoms with Crippen molar-refractivity contribution in [3.8, 4) is 51.4 Å². The summed E-state index contributed by atoms with van der Waals surface area (Å²) >= 11 is 0.